The van der Waals surface area contributed by atoms with Crippen molar-refractivity contribution >= 4 is 17.2 Å². The van der Waals surface area contributed by atoms with Crippen LogP contribution in [0.4, 0.5) is 0 Å². The molecule has 2 aromatic rings. The van der Waals surface area contributed by atoms with Crippen molar-refractivity contribution in [3.63, 3.8) is 0 Å². The van der Waals surface area contributed by atoms with Crippen molar-refractivity contribution in [1.82, 2.24) is 25.1 Å². The van der Waals surface area contributed by atoms with Crippen molar-refractivity contribution in [2.45, 2.75) is 51.6 Å². The maximum absolute atomic E-state index is 12.7. The fraction of sp³-hybridized carbons (Fsp3) is 0.600. The number of nitrogens with zero attached hydrogens (tertiary/aromatic N) is 5. The summed E-state index contributed by atoms with van der Waals surface area (Å²) in [6.45, 7) is 7.16. The van der Waals surface area contributed by atoms with Crippen molar-refractivity contribution in [2.75, 3.05) is 6.54 Å². The highest BCUT2D eigenvalue weighted by atomic mass is 32.1. The van der Waals surface area contributed by atoms with Crippen molar-refractivity contribution in [2.24, 2.45) is 0 Å². The van der Waals surface area contributed by atoms with Gasteiger partial charge in [-0.2, -0.15) is 0 Å². The SMILES string of the molecule is CC(C)(C)c1nnnn1CC(=O)N1CCCC1c1cccs1. The first-order chi connectivity index (χ1) is 10.5. The van der Waals surface area contributed by atoms with E-state index in [1.54, 1.807) is 16.0 Å². The first kappa shape index (κ1) is 15.1. The summed E-state index contributed by atoms with van der Waals surface area (Å²) in [5.74, 6) is 0.835. The van der Waals surface area contributed by atoms with Crippen LogP contribution in [-0.4, -0.2) is 37.6 Å². The molecule has 0 saturated carbocycles. The molecule has 1 atom stereocenters. The Labute approximate surface area is 134 Å². The predicted octanol–water partition coefficient (Wildman–Crippen LogP) is 2.40. The molecule has 1 amide bonds. The van der Waals surface area contributed by atoms with Gasteiger partial charge in [0.05, 0.1) is 6.04 Å². The van der Waals surface area contributed by atoms with Crippen molar-refractivity contribution < 1.29 is 4.79 Å². The molecular formula is C15H21N5OS. The number of carbonyl (C=O) groups excluding carboxylic acids is 1. The van der Waals surface area contributed by atoms with Gasteiger partial charge in [0.2, 0.25) is 5.91 Å². The number of carbonyl (C=O) groups is 1. The molecule has 0 spiro atoms. The van der Waals surface area contributed by atoms with Crippen LogP contribution in [0.15, 0.2) is 17.5 Å². The number of aromatic nitrogens is 4. The summed E-state index contributed by atoms with van der Waals surface area (Å²) in [4.78, 5) is 15.9. The van der Waals surface area contributed by atoms with Gasteiger partial charge in [-0.05, 0) is 34.7 Å². The molecular weight excluding hydrogens is 298 g/mol. The van der Waals surface area contributed by atoms with Crippen LogP contribution in [0.2, 0.25) is 0 Å². The summed E-state index contributed by atoms with van der Waals surface area (Å²) < 4.78 is 1.63. The smallest absolute Gasteiger partial charge is 0.244 e. The standard InChI is InChI=1S/C15H21N5OS/c1-15(2,3)14-16-17-18-20(14)10-13(21)19-8-4-6-11(19)12-7-5-9-22-12/h5,7,9,11H,4,6,8,10H2,1-3H3. The zero-order chi connectivity index (χ0) is 15.7. The van der Waals surface area contributed by atoms with E-state index >= 15 is 0 Å². The molecule has 2 aromatic heterocycles. The topological polar surface area (TPSA) is 63.9 Å². The average Bonchev–Trinajstić information content (AvgIpc) is 3.18. The molecule has 1 saturated heterocycles. The Morgan fingerprint density at radius 1 is 1.45 bits per heavy atom. The minimum Gasteiger partial charge on any atom is -0.333 e. The number of amides is 1. The number of thiophene rings is 1. The Bertz CT molecular complexity index is 643. The van der Waals surface area contributed by atoms with Crippen molar-refractivity contribution in [3.8, 4) is 0 Å². The van der Waals surface area contributed by atoms with Crippen molar-refractivity contribution in [3.05, 3.63) is 28.2 Å². The highest BCUT2D eigenvalue weighted by Crippen LogP contribution is 2.34. The quantitative estimate of drug-likeness (QED) is 0.871. The fourth-order valence-electron chi connectivity index (χ4n) is 2.91. The van der Waals surface area contributed by atoms with Gasteiger partial charge in [0.15, 0.2) is 5.82 Å². The van der Waals surface area contributed by atoms with Crippen LogP contribution in [0.5, 0.6) is 0 Å². The normalized spacial score (nSPS) is 18.9. The van der Waals surface area contributed by atoms with Gasteiger partial charge in [-0.1, -0.05) is 26.8 Å². The van der Waals surface area contributed by atoms with E-state index in [0.717, 1.165) is 25.2 Å². The Balaban J connectivity index is 1.76. The van der Waals surface area contributed by atoms with Crippen LogP contribution in [0, 0.1) is 0 Å². The molecule has 1 aliphatic rings. The van der Waals surface area contributed by atoms with E-state index in [-0.39, 0.29) is 23.9 Å². The fourth-order valence-corrected chi connectivity index (χ4v) is 3.78. The Hall–Kier alpha value is -1.76. The molecule has 0 bridgehead atoms. The third-order valence-corrected chi connectivity index (χ3v) is 4.91. The summed E-state index contributed by atoms with van der Waals surface area (Å²) >= 11 is 1.72. The number of hydrogen-bond acceptors (Lipinski definition) is 5. The van der Waals surface area contributed by atoms with E-state index in [4.69, 9.17) is 0 Å². The molecule has 3 rings (SSSR count). The Morgan fingerprint density at radius 2 is 2.27 bits per heavy atom. The van der Waals surface area contributed by atoms with Gasteiger partial charge >= 0.3 is 0 Å². The third kappa shape index (κ3) is 2.90. The van der Waals surface area contributed by atoms with Gasteiger partial charge < -0.3 is 4.90 Å². The monoisotopic (exact) mass is 319 g/mol. The molecule has 1 unspecified atom stereocenters. The van der Waals surface area contributed by atoms with E-state index in [1.807, 2.05) is 31.7 Å². The molecule has 22 heavy (non-hydrogen) atoms. The maximum atomic E-state index is 12.7. The summed E-state index contributed by atoms with van der Waals surface area (Å²) in [5, 5.41) is 13.9. The highest BCUT2D eigenvalue weighted by molar-refractivity contribution is 7.10. The minimum atomic E-state index is -0.179. The molecule has 7 heteroatoms. The maximum Gasteiger partial charge on any atom is 0.244 e. The second kappa shape index (κ2) is 5.79. The van der Waals surface area contributed by atoms with Crippen LogP contribution in [0.3, 0.4) is 0 Å². The first-order valence-corrected chi connectivity index (χ1v) is 8.44. The molecule has 0 radical (unpaired) electrons. The average molecular weight is 319 g/mol. The van der Waals surface area contributed by atoms with Gasteiger partial charge in [-0.3, -0.25) is 4.79 Å². The van der Waals surface area contributed by atoms with Gasteiger partial charge in [0.25, 0.3) is 0 Å². The Morgan fingerprint density at radius 3 is 2.95 bits per heavy atom. The van der Waals surface area contributed by atoms with E-state index in [1.165, 1.54) is 4.88 Å². The van der Waals surface area contributed by atoms with E-state index < -0.39 is 0 Å². The lowest BCUT2D eigenvalue weighted by atomic mass is 9.96. The second-order valence-electron chi connectivity index (χ2n) is 6.67. The number of hydrogen-bond donors (Lipinski definition) is 0. The number of rotatable bonds is 3. The van der Waals surface area contributed by atoms with Gasteiger partial charge in [-0.25, -0.2) is 4.68 Å². The number of likely N-dealkylation sites (tertiary alicyclic amines) is 1. The summed E-state index contributed by atoms with van der Waals surface area (Å²) in [5.41, 5.74) is -0.179. The summed E-state index contributed by atoms with van der Waals surface area (Å²) in [6.07, 6.45) is 2.09. The van der Waals surface area contributed by atoms with Crippen LogP contribution in [0.25, 0.3) is 0 Å². The molecule has 3 heterocycles. The van der Waals surface area contributed by atoms with E-state index in [2.05, 4.69) is 27.0 Å². The van der Waals surface area contributed by atoms with E-state index in [9.17, 15) is 4.79 Å². The molecule has 0 N–H and O–H groups in total. The van der Waals surface area contributed by atoms with Crippen LogP contribution < -0.4 is 0 Å². The summed E-state index contributed by atoms with van der Waals surface area (Å²) in [7, 11) is 0. The first-order valence-electron chi connectivity index (χ1n) is 7.56. The molecule has 0 aliphatic carbocycles. The van der Waals surface area contributed by atoms with Crippen LogP contribution in [0.1, 0.15) is 50.4 Å². The molecule has 6 nitrogen and oxygen atoms in total. The van der Waals surface area contributed by atoms with Crippen LogP contribution in [-0.2, 0) is 16.8 Å². The zero-order valence-corrected chi connectivity index (χ0v) is 14.0. The second-order valence-corrected chi connectivity index (χ2v) is 7.65. The van der Waals surface area contributed by atoms with Gasteiger partial charge in [0, 0.05) is 16.8 Å². The minimum absolute atomic E-state index is 0.0914. The molecule has 0 aromatic carbocycles. The highest BCUT2D eigenvalue weighted by Gasteiger charge is 2.32. The predicted molar refractivity (Wildman–Crippen MR) is 84.5 cm³/mol. The third-order valence-electron chi connectivity index (χ3n) is 3.93. The zero-order valence-electron chi connectivity index (χ0n) is 13.2. The lowest BCUT2D eigenvalue weighted by molar-refractivity contribution is -0.133. The molecule has 118 valence electrons. The largest absolute Gasteiger partial charge is 0.333 e. The van der Waals surface area contributed by atoms with E-state index in [0.29, 0.717) is 0 Å². The van der Waals surface area contributed by atoms with Gasteiger partial charge in [-0.15, -0.1) is 16.4 Å². The lowest BCUT2D eigenvalue weighted by Gasteiger charge is -2.24. The van der Waals surface area contributed by atoms with Crippen molar-refractivity contribution in [1.29, 1.82) is 0 Å². The van der Waals surface area contributed by atoms with Gasteiger partial charge in [0.1, 0.15) is 6.54 Å². The number of tetrazole rings is 1. The van der Waals surface area contributed by atoms with Crippen LogP contribution >= 0.6 is 11.3 Å². The lowest BCUT2D eigenvalue weighted by Crippen LogP contribution is -2.34. The Kier molecular flexibility index (Phi) is 3.99. The molecule has 1 aliphatic heterocycles. The molecule has 1 fully saturated rings. The summed E-state index contributed by atoms with van der Waals surface area (Å²) in [6, 6.07) is 4.36.